The van der Waals surface area contributed by atoms with Crippen LogP contribution in [0.15, 0.2) is 0 Å². The van der Waals surface area contributed by atoms with E-state index in [1.807, 2.05) is 0 Å². The van der Waals surface area contributed by atoms with Crippen molar-refractivity contribution in [3.05, 3.63) is 0 Å². The molecule has 0 aromatic rings. The number of carboxylic acids is 1. The lowest BCUT2D eigenvalue weighted by atomic mass is 10.1. The van der Waals surface area contributed by atoms with E-state index >= 15 is 0 Å². The SMILES string of the molecule is O=C(O)C1CCCN1C(=O)C1CC(=O)N(C2CC2)C1. The first-order valence-electron chi connectivity index (χ1n) is 6.90. The Morgan fingerprint density at radius 3 is 2.58 bits per heavy atom. The molecule has 6 heteroatoms. The number of rotatable bonds is 3. The largest absolute Gasteiger partial charge is 0.480 e. The van der Waals surface area contributed by atoms with Crippen molar-refractivity contribution in [1.29, 1.82) is 0 Å². The van der Waals surface area contributed by atoms with Crippen LogP contribution in [0.1, 0.15) is 32.1 Å². The molecule has 0 aromatic heterocycles. The van der Waals surface area contributed by atoms with Crippen LogP contribution >= 0.6 is 0 Å². The fraction of sp³-hybridized carbons (Fsp3) is 0.769. The van der Waals surface area contributed by atoms with Gasteiger partial charge in [0, 0.05) is 25.6 Å². The van der Waals surface area contributed by atoms with Gasteiger partial charge in [0.15, 0.2) is 0 Å². The van der Waals surface area contributed by atoms with Crippen LogP contribution in [0.2, 0.25) is 0 Å². The Balaban J connectivity index is 1.67. The molecule has 2 amide bonds. The number of aliphatic carboxylic acids is 1. The van der Waals surface area contributed by atoms with Crippen molar-refractivity contribution in [2.75, 3.05) is 13.1 Å². The Hall–Kier alpha value is -1.59. The predicted octanol–water partition coefficient (Wildman–Crippen LogP) is 0.0729. The molecular formula is C13H18N2O4. The van der Waals surface area contributed by atoms with Crippen LogP contribution in [0.5, 0.6) is 0 Å². The fourth-order valence-electron chi connectivity index (χ4n) is 3.16. The lowest BCUT2D eigenvalue weighted by molar-refractivity contribution is -0.149. The highest BCUT2D eigenvalue weighted by atomic mass is 16.4. The summed E-state index contributed by atoms with van der Waals surface area (Å²) in [5.74, 6) is -1.38. The molecule has 19 heavy (non-hydrogen) atoms. The molecule has 0 aromatic carbocycles. The number of carbonyl (C=O) groups is 3. The van der Waals surface area contributed by atoms with Gasteiger partial charge >= 0.3 is 5.97 Å². The second-order valence-corrected chi connectivity index (χ2v) is 5.71. The molecule has 2 aliphatic heterocycles. The molecule has 3 fully saturated rings. The van der Waals surface area contributed by atoms with Gasteiger partial charge in [-0.2, -0.15) is 0 Å². The molecule has 3 aliphatic rings. The van der Waals surface area contributed by atoms with Crippen LogP contribution in [-0.4, -0.2) is 57.9 Å². The van der Waals surface area contributed by atoms with Gasteiger partial charge in [-0.15, -0.1) is 0 Å². The zero-order valence-electron chi connectivity index (χ0n) is 10.7. The van der Waals surface area contributed by atoms with Crippen molar-refractivity contribution >= 4 is 17.8 Å². The van der Waals surface area contributed by atoms with Crippen molar-refractivity contribution in [3.8, 4) is 0 Å². The van der Waals surface area contributed by atoms with E-state index in [-0.39, 0.29) is 24.2 Å². The minimum Gasteiger partial charge on any atom is -0.480 e. The van der Waals surface area contributed by atoms with Gasteiger partial charge in [0.1, 0.15) is 6.04 Å². The van der Waals surface area contributed by atoms with Gasteiger partial charge in [-0.3, -0.25) is 9.59 Å². The second kappa shape index (κ2) is 4.51. The second-order valence-electron chi connectivity index (χ2n) is 5.71. The molecule has 2 atom stereocenters. The lowest BCUT2D eigenvalue weighted by Gasteiger charge is -2.24. The van der Waals surface area contributed by atoms with Crippen molar-refractivity contribution in [2.24, 2.45) is 5.92 Å². The topological polar surface area (TPSA) is 77.9 Å². The molecular weight excluding hydrogens is 248 g/mol. The average Bonchev–Trinajstić information content (AvgIpc) is 2.95. The smallest absolute Gasteiger partial charge is 0.326 e. The van der Waals surface area contributed by atoms with E-state index in [2.05, 4.69) is 0 Å². The van der Waals surface area contributed by atoms with E-state index in [1.54, 1.807) is 4.90 Å². The minimum atomic E-state index is -0.936. The molecule has 1 aliphatic carbocycles. The maximum Gasteiger partial charge on any atom is 0.326 e. The average molecular weight is 266 g/mol. The quantitative estimate of drug-likeness (QED) is 0.784. The zero-order chi connectivity index (χ0) is 13.6. The number of nitrogens with zero attached hydrogens (tertiary/aromatic N) is 2. The summed E-state index contributed by atoms with van der Waals surface area (Å²) in [4.78, 5) is 38.6. The van der Waals surface area contributed by atoms with E-state index < -0.39 is 12.0 Å². The van der Waals surface area contributed by atoms with E-state index in [0.29, 0.717) is 25.6 Å². The molecule has 2 saturated heterocycles. The van der Waals surface area contributed by atoms with Gasteiger partial charge in [-0.05, 0) is 25.7 Å². The summed E-state index contributed by atoms with van der Waals surface area (Å²) in [6.07, 6.45) is 3.57. The molecule has 1 N–H and O–H groups in total. The van der Waals surface area contributed by atoms with Gasteiger partial charge in [-0.25, -0.2) is 4.79 Å². The highest BCUT2D eigenvalue weighted by Gasteiger charge is 2.45. The number of likely N-dealkylation sites (tertiary alicyclic amines) is 2. The molecule has 3 rings (SSSR count). The molecule has 2 unspecified atom stereocenters. The number of carboxylic acid groups (broad SMARTS) is 1. The van der Waals surface area contributed by atoms with E-state index in [9.17, 15) is 14.4 Å². The molecule has 0 bridgehead atoms. The highest BCUT2D eigenvalue weighted by molar-refractivity contribution is 5.91. The Labute approximate surface area is 111 Å². The lowest BCUT2D eigenvalue weighted by Crippen LogP contribution is -2.44. The van der Waals surface area contributed by atoms with E-state index in [1.165, 1.54) is 4.90 Å². The molecule has 6 nitrogen and oxygen atoms in total. The molecule has 0 radical (unpaired) electrons. The minimum absolute atomic E-state index is 0.0481. The molecule has 2 heterocycles. The predicted molar refractivity (Wildman–Crippen MR) is 65.2 cm³/mol. The third-order valence-electron chi connectivity index (χ3n) is 4.32. The number of amides is 2. The summed E-state index contributed by atoms with van der Waals surface area (Å²) in [5.41, 5.74) is 0. The Bertz CT molecular complexity index is 432. The van der Waals surface area contributed by atoms with Crippen molar-refractivity contribution in [2.45, 2.75) is 44.2 Å². The van der Waals surface area contributed by atoms with Crippen molar-refractivity contribution < 1.29 is 19.5 Å². The van der Waals surface area contributed by atoms with Gasteiger partial charge in [0.05, 0.1) is 5.92 Å². The summed E-state index contributed by atoms with van der Waals surface area (Å²) in [7, 11) is 0. The first-order valence-corrected chi connectivity index (χ1v) is 6.90. The fourth-order valence-corrected chi connectivity index (χ4v) is 3.16. The molecule has 104 valence electrons. The van der Waals surface area contributed by atoms with Crippen LogP contribution in [-0.2, 0) is 14.4 Å². The van der Waals surface area contributed by atoms with Crippen LogP contribution in [0, 0.1) is 5.92 Å². The van der Waals surface area contributed by atoms with Gasteiger partial charge in [0.2, 0.25) is 11.8 Å². The van der Waals surface area contributed by atoms with E-state index in [0.717, 1.165) is 19.3 Å². The van der Waals surface area contributed by atoms with Crippen LogP contribution in [0.4, 0.5) is 0 Å². The Kier molecular flexibility index (Phi) is 2.95. The third-order valence-corrected chi connectivity index (χ3v) is 4.32. The van der Waals surface area contributed by atoms with Crippen LogP contribution in [0.25, 0.3) is 0 Å². The summed E-state index contributed by atoms with van der Waals surface area (Å²) >= 11 is 0. The Morgan fingerprint density at radius 1 is 1.21 bits per heavy atom. The molecule has 0 spiro atoms. The highest BCUT2D eigenvalue weighted by Crippen LogP contribution is 2.34. The maximum absolute atomic E-state index is 12.4. The summed E-state index contributed by atoms with van der Waals surface area (Å²) in [5, 5.41) is 9.11. The standard InChI is InChI=1S/C13H18N2O4/c16-11-6-8(7-15(11)9-3-4-9)12(17)14-5-1-2-10(14)13(18)19/h8-10H,1-7H2,(H,18,19). The first-order chi connectivity index (χ1) is 9.08. The van der Waals surface area contributed by atoms with Crippen molar-refractivity contribution in [3.63, 3.8) is 0 Å². The maximum atomic E-state index is 12.4. The van der Waals surface area contributed by atoms with Gasteiger partial charge < -0.3 is 14.9 Å². The molecule has 1 saturated carbocycles. The van der Waals surface area contributed by atoms with Crippen LogP contribution in [0.3, 0.4) is 0 Å². The van der Waals surface area contributed by atoms with Crippen molar-refractivity contribution in [1.82, 2.24) is 9.80 Å². The third kappa shape index (κ3) is 2.19. The summed E-state index contributed by atoms with van der Waals surface area (Å²) in [6.45, 7) is 0.981. The van der Waals surface area contributed by atoms with Gasteiger partial charge in [-0.1, -0.05) is 0 Å². The summed E-state index contributed by atoms with van der Waals surface area (Å²) in [6, 6.07) is -0.364. The van der Waals surface area contributed by atoms with Gasteiger partial charge in [0.25, 0.3) is 0 Å². The first kappa shape index (κ1) is 12.4. The summed E-state index contributed by atoms with van der Waals surface area (Å²) < 4.78 is 0. The number of hydrogen-bond acceptors (Lipinski definition) is 3. The Morgan fingerprint density at radius 2 is 1.95 bits per heavy atom. The zero-order valence-corrected chi connectivity index (χ0v) is 10.7. The van der Waals surface area contributed by atoms with Crippen LogP contribution < -0.4 is 0 Å². The number of hydrogen-bond donors (Lipinski definition) is 1. The normalized spacial score (nSPS) is 31.1. The monoisotopic (exact) mass is 266 g/mol. The van der Waals surface area contributed by atoms with E-state index in [4.69, 9.17) is 5.11 Å². The number of carbonyl (C=O) groups excluding carboxylic acids is 2.